The lowest BCUT2D eigenvalue weighted by Crippen LogP contribution is -2.24. The maximum absolute atomic E-state index is 6.29. The largest absolute Gasteiger partial charge is 0.493 e. The van der Waals surface area contributed by atoms with Crippen LogP contribution < -0.4 is 15.2 Å². The van der Waals surface area contributed by atoms with Gasteiger partial charge in [0, 0.05) is 6.07 Å². The Kier molecular flexibility index (Phi) is 6.37. The van der Waals surface area contributed by atoms with Crippen LogP contribution in [-0.4, -0.2) is 19.3 Å². The molecule has 0 heterocycles. The Morgan fingerprint density at radius 2 is 2.14 bits per heavy atom. The summed E-state index contributed by atoms with van der Waals surface area (Å²) in [4.78, 5) is 0. The second-order valence-electron chi connectivity index (χ2n) is 6.17. The minimum absolute atomic E-state index is 0.340. The standard InChI is InChI=1S/C18H29NO2/c1-3-11-20-16-8-7-15(9-10-19)18(13-16)21-17-6-4-5-14(2)12-17/h7-8,13-14,17H,3-6,9-12,19H2,1-2H3. The van der Waals surface area contributed by atoms with Gasteiger partial charge in [0.1, 0.15) is 11.5 Å². The fourth-order valence-electron chi connectivity index (χ4n) is 2.98. The molecule has 1 aliphatic rings. The van der Waals surface area contributed by atoms with Crippen molar-refractivity contribution in [1.82, 2.24) is 0 Å². The second kappa shape index (κ2) is 8.28. The smallest absolute Gasteiger partial charge is 0.126 e. The molecular weight excluding hydrogens is 262 g/mol. The van der Waals surface area contributed by atoms with E-state index in [-0.39, 0.29) is 0 Å². The van der Waals surface area contributed by atoms with E-state index in [1.807, 2.05) is 12.1 Å². The van der Waals surface area contributed by atoms with Crippen molar-refractivity contribution in [3.05, 3.63) is 23.8 Å². The van der Waals surface area contributed by atoms with Crippen LogP contribution in [0, 0.1) is 5.92 Å². The molecule has 0 bridgehead atoms. The summed E-state index contributed by atoms with van der Waals surface area (Å²) in [5, 5.41) is 0. The molecule has 1 saturated carbocycles. The summed E-state index contributed by atoms with van der Waals surface area (Å²) in [5.41, 5.74) is 6.91. The zero-order valence-corrected chi connectivity index (χ0v) is 13.4. The van der Waals surface area contributed by atoms with E-state index >= 15 is 0 Å². The Balaban J connectivity index is 2.09. The van der Waals surface area contributed by atoms with Gasteiger partial charge in [-0.1, -0.05) is 26.3 Å². The van der Waals surface area contributed by atoms with E-state index in [0.29, 0.717) is 12.6 Å². The Hall–Kier alpha value is -1.22. The van der Waals surface area contributed by atoms with Gasteiger partial charge in [-0.25, -0.2) is 0 Å². The molecule has 0 radical (unpaired) electrons. The van der Waals surface area contributed by atoms with Gasteiger partial charge in [0.2, 0.25) is 0 Å². The highest BCUT2D eigenvalue weighted by Crippen LogP contribution is 2.31. The van der Waals surface area contributed by atoms with E-state index in [9.17, 15) is 0 Å². The molecule has 2 rings (SSSR count). The molecule has 2 atom stereocenters. The zero-order valence-electron chi connectivity index (χ0n) is 13.4. The van der Waals surface area contributed by atoms with Gasteiger partial charge in [0.05, 0.1) is 12.7 Å². The SMILES string of the molecule is CCCOc1ccc(CCN)c(OC2CCCC(C)C2)c1. The molecule has 2 unspecified atom stereocenters. The number of rotatable bonds is 7. The molecule has 0 saturated heterocycles. The number of hydrogen-bond donors (Lipinski definition) is 1. The fourth-order valence-corrected chi connectivity index (χ4v) is 2.98. The molecule has 1 fully saturated rings. The predicted octanol–water partition coefficient (Wildman–Crippen LogP) is 3.93. The van der Waals surface area contributed by atoms with Gasteiger partial charge in [-0.15, -0.1) is 0 Å². The molecule has 0 spiro atoms. The monoisotopic (exact) mass is 291 g/mol. The third kappa shape index (κ3) is 4.92. The highest BCUT2D eigenvalue weighted by molar-refractivity contribution is 5.41. The van der Waals surface area contributed by atoms with Crippen LogP contribution in [0.1, 0.15) is 51.5 Å². The van der Waals surface area contributed by atoms with E-state index in [1.165, 1.54) is 18.4 Å². The van der Waals surface area contributed by atoms with Crippen molar-refractivity contribution >= 4 is 0 Å². The molecule has 21 heavy (non-hydrogen) atoms. The predicted molar refractivity (Wildman–Crippen MR) is 87.0 cm³/mol. The topological polar surface area (TPSA) is 44.5 Å². The van der Waals surface area contributed by atoms with Crippen LogP contribution in [0.3, 0.4) is 0 Å². The van der Waals surface area contributed by atoms with Gasteiger partial charge < -0.3 is 15.2 Å². The molecule has 3 nitrogen and oxygen atoms in total. The molecular formula is C18H29NO2. The molecule has 2 N–H and O–H groups in total. The van der Waals surface area contributed by atoms with Crippen molar-refractivity contribution in [2.24, 2.45) is 11.7 Å². The molecule has 0 amide bonds. The summed E-state index contributed by atoms with van der Waals surface area (Å²) in [5.74, 6) is 2.63. The van der Waals surface area contributed by atoms with E-state index in [0.717, 1.165) is 49.7 Å². The third-order valence-corrected chi connectivity index (χ3v) is 4.11. The Morgan fingerprint density at radius 1 is 1.29 bits per heavy atom. The first kappa shape index (κ1) is 16.2. The summed E-state index contributed by atoms with van der Waals surface area (Å²) < 4.78 is 12.0. The minimum Gasteiger partial charge on any atom is -0.493 e. The Labute approximate surface area is 128 Å². The lowest BCUT2D eigenvalue weighted by molar-refractivity contribution is 0.127. The van der Waals surface area contributed by atoms with E-state index in [2.05, 4.69) is 19.9 Å². The highest BCUT2D eigenvalue weighted by atomic mass is 16.5. The Bertz CT molecular complexity index is 433. The van der Waals surface area contributed by atoms with Crippen molar-refractivity contribution in [1.29, 1.82) is 0 Å². The molecule has 1 aromatic carbocycles. The molecule has 3 heteroatoms. The second-order valence-corrected chi connectivity index (χ2v) is 6.17. The number of ether oxygens (including phenoxy) is 2. The van der Waals surface area contributed by atoms with E-state index in [4.69, 9.17) is 15.2 Å². The Morgan fingerprint density at radius 3 is 2.86 bits per heavy atom. The lowest BCUT2D eigenvalue weighted by atomic mass is 9.88. The summed E-state index contributed by atoms with van der Waals surface area (Å²) >= 11 is 0. The molecule has 0 aromatic heterocycles. The van der Waals surface area contributed by atoms with Crippen molar-refractivity contribution in [3.63, 3.8) is 0 Å². The maximum Gasteiger partial charge on any atom is 0.126 e. The number of benzene rings is 1. The first-order valence-corrected chi connectivity index (χ1v) is 8.35. The quantitative estimate of drug-likeness (QED) is 0.827. The van der Waals surface area contributed by atoms with Gasteiger partial charge >= 0.3 is 0 Å². The summed E-state index contributed by atoms with van der Waals surface area (Å²) in [6.07, 6.45) is 7.12. The summed E-state index contributed by atoms with van der Waals surface area (Å²) in [6.45, 7) is 5.82. The van der Waals surface area contributed by atoms with Crippen LogP contribution in [0.2, 0.25) is 0 Å². The zero-order chi connectivity index (χ0) is 15.1. The third-order valence-electron chi connectivity index (χ3n) is 4.11. The normalized spacial score (nSPS) is 22.0. The molecule has 0 aliphatic heterocycles. The van der Waals surface area contributed by atoms with Crippen LogP contribution in [0.25, 0.3) is 0 Å². The fraction of sp³-hybridized carbons (Fsp3) is 0.667. The number of nitrogens with two attached hydrogens (primary N) is 1. The van der Waals surface area contributed by atoms with Gasteiger partial charge in [-0.3, -0.25) is 0 Å². The van der Waals surface area contributed by atoms with Crippen molar-refractivity contribution in [3.8, 4) is 11.5 Å². The van der Waals surface area contributed by atoms with Crippen molar-refractivity contribution in [2.45, 2.75) is 58.5 Å². The van der Waals surface area contributed by atoms with Crippen molar-refractivity contribution in [2.75, 3.05) is 13.2 Å². The van der Waals surface area contributed by atoms with E-state index in [1.54, 1.807) is 0 Å². The van der Waals surface area contributed by atoms with Gasteiger partial charge in [0.25, 0.3) is 0 Å². The van der Waals surface area contributed by atoms with Gasteiger partial charge in [0.15, 0.2) is 0 Å². The molecule has 1 aliphatic carbocycles. The molecule has 118 valence electrons. The van der Waals surface area contributed by atoms with Crippen LogP contribution >= 0.6 is 0 Å². The summed E-state index contributed by atoms with van der Waals surface area (Å²) in [7, 11) is 0. The van der Waals surface area contributed by atoms with Gasteiger partial charge in [-0.2, -0.15) is 0 Å². The van der Waals surface area contributed by atoms with Crippen LogP contribution in [0.4, 0.5) is 0 Å². The average Bonchev–Trinajstić information content (AvgIpc) is 2.48. The molecule has 1 aromatic rings. The lowest BCUT2D eigenvalue weighted by Gasteiger charge is -2.28. The average molecular weight is 291 g/mol. The first-order valence-electron chi connectivity index (χ1n) is 8.35. The van der Waals surface area contributed by atoms with Crippen LogP contribution in [-0.2, 0) is 6.42 Å². The first-order chi connectivity index (χ1) is 10.2. The minimum atomic E-state index is 0.340. The summed E-state index contributed by atoms with van der Waals surface area (Å²) in [6, 6.07) is 6.16. The van der Waals surface area contributed by atoms with Crippen LogP contribution in [0.5, 0.6) is 11.5 Å². The number of hydrogen-bond acceptors (Lipinski definition) is 3. The maximum atomic E-state index is 6.29. The van der Waals surface area contributed by atoms with Crippen molar-refractivity contribution < 1.29 is 9.47 Å². The highest BCUT2D eigenvalue weighted by Gasteiger charge is 2.21. The van der Waals surface area contributed by atoms with Crippen LogP contribution in [0.15, 0.2) is 18.2 Å². The van der Waals surface area contributed by atoms with E-state index < -0.39 is 0 Å². The van der Waals surface area contributed by atoms with Gasteiger partial charge in [-0.05, 0) is 56.2 Å².